The quantitative estimate of drug-likeness (QED) is 0.484. The number of hydrogen-bond donors (Lipinski definition) is 1. The van der Waals surface area contributed by atoms with Crippen LogP contribution in [-0.2, 0) is 19.1 Å². The maximum Gasteiger partial charge on any atom is 0.401 e. The van der Waals surface area contributed by atoms with Gasteiger partial charge in [0.25, 0.3) is 0 Å². The van der Waals surface area contributed by atoms with E-state index >= 15 is 0 Å². The molecule has 0 radical (unpaired) electrons. The number of rotatable bonds is 8. The molecule has 0 aromatic carbocycles. The zero-order chi connectivity index (χ0) is 24.4. The van der Waals surface area contributed by atoms with Gasteiger partial charge in [-0.1, -0.05) is 0 Å². The summed E-state index contributed by atoms with van der Waals surface area (Å²) in [6.07, 6.45) is 6.43. The molecular weight excluding hydrogens is 459 g/mol. The molecule has 1 unspecified atom stereocenters. The first-order chi connectivity index (χ1) is 16.7. The van der Waals surface area contributed by atoms with Crippen LogP contribution in [-0.4, -0.2) is 43.9 Å². The summed E-state index contributed by atoms with van der Waals surface area (Å²) < 4.78 is 49.8. The Morgan fingerprint density at radius 3 is 1.86 bits per heavy atom. The highest BCUT2D eigenvalue weighted by Crippen LogP contribution is 2.60. The Morgan fingerprint density at radius 2 is 1.34 bits per heavy atom. The van der Waals surface area contributed by atoms with Crippen molar-refractivity contribution in [2.75, 3.05) is 19.7 Å². The van der Waals surface area contributed by atoms with E-state index in [1.54, 1.807) is 0 Å². The van der Waals surface area contributed by atoms with Gasteiger partial charge in [0.2, 0.25) is 0 Å². The van der Waals surface area contributed by atoms with E-state index in [0.29, 0.717) is 29.6 Å². The molecule has 0 saturated heterocycles. The van der Waals surface area contributed by atoms with E-state index in [9.17, 15) is 22.8 Å². The standard InChI is InChI=1S/C27H38F3NO4/c28-27(29,30)14-31-12-22(35-25(33)26-9-17-2-18(10-26)4-19(3-17)11-26)13-34-24(32)23-20-5-15-1-16(7-20)8-21(23)6-15/h15-23,31H,1-14H2. The van der Waals surface area contributed by atoms with Crippen LogP contribution in [0.2, 0.25) is 0 Å². The number of hydrogen-bond acceptors (Lipinski definition) is 5. The van der Waals surface area contributed by atoms with Crippen LogP contribution in [0, 0.1) is 52.8 Å². The van der Waals surface area contributed by atoms with Gasteiger partial charge in [0, 0.05) is 6.54 Å². The molecular formula is C27H38F3NO4. The fourth-order valence-electron chi connectivity index (χ4n) is 9.73. The number of esters is 2. The number of alkyl halides is 3. The smallest absolute Gasteiger partial charge is 0.401 e. The average Bonchev–Trinajstić information content (AvgIpc) is 2.74. The molecule has 8 aliphatic carbocycles. The van der Waals surface area contributed by atoms with Crippen LogP contribution < -0.4 is 5.32 Å². The van der Waals surface area contributed by atoms with Crippen molar-refractivity contribution >= 4 is 11.9 Å². The molecule has 0 heterocycles. The van der Waals surface area contributed by atoms with Gasteiger partial charge >= 0.3 is 18.1 Å². The van der Waals surface area contributed by atoms with Crippen LogP contribution >= 0.6 is 0 Å². The van der Waals surface area contributed by atoms with Gasteiger partial charge in [-0.2, -0.15) is 13.2 Å². The first-order valence-electron chi connectivity index (χ1n) is 13.8. The van der Waals surface area contributed by atoms with Crippen LogP contribution in [0.3, 0.4) is 0 Å². The monoisotopic (exact) mass is 497 g/mol. The van der Waals surface area contributed by atoms with Crippen LogP contribution in [0.25, 0.3) is 0 Å². The van der Waals surface area contributed by atoms with Crippen LogP contribution in [0.15, 0.2) is 0 Å². The zero-order valence-corrected chi connectivity index (χ0v) is 20.4. The predicted octanol–water partition coefficient (Wildman–Crippen LogP) is 4.88. The molecule has 8 heteroatoms. The van der Waals surface area contributed by atoms with Gasteiger partial charge in [0.1, 0.15) is 12.7 Å². The third kappa shape index (κ3) is 4.85. The molecule has 8 aliphatic rings. The molecule has 35 heavy (non-hydrogen) atoms. The van der Waals surface area contributed by atoms with Crippen LogP contribution in [0.1, 0.15) is 70.6 Å². The molecule has 0 aliphatic heterocycles. The third-order valence-electron chi connectivity index (χ3n) is 10.4. The minimum atomic E-state index is -4.36. The first kappa shape index (κ1) is 24.1. The topological polar surface area (TPSA) is 64.6 Å². The lowest BCUT2D eigenvalue weighted by atomic mass is 9.49. The summed E-state index contributed by atoms with van der Waals surface area (Å²) in [5, 5.41) is 2.37. The fraction of sp³-hybridized carbons (Fsp3) is 0.926. The average molecular weight is 498 g/mol. The van der Waals surface area contributed by atoms with Gasteiger partial charge in [0.05, 0.1) is 17.9 Å². The summed E-state index contributed by atoms with van der Waals surface area (Å²) in [5.74, 6) is 3.26. The van der Waals surface area contributed by atoms with Crippen molar-refractivity contribution in [3.8, 4) is 0 Å². The number of carbonyl (C=O) groups excluding carboxylic acids is 2. The summed E-state index contributed by atoms with van der Waals surface area (Å²) in [5.41, 5.74) is -0.498. The lowest BCUT2D eigenvalue weighted by Gasteiger charge is -2.55. The maximum atomic E-state index is 13.4. The second kappa shape index (κ2) is 8.91. The molecule has 0 amide bonds. The highest BCUT2D eigenvalue weighted by Gasteiger charge is 2.56. The molecule has 8 saturated carbocycles. The Labute approximate surface area is 205 Å². The third-order valence-corrected chi connectivity index (χ3v) is 10.4. The van der Waals surface area contributed by atoms with Gasteiger partial charge in [-0.3, -0.25) is 9.59 Å². The molecule has 5 nitrogen and oxygen atoms in total. The zero-order valence-electron chi connectivity index (χ0n) is 20.4. The van der Waals surface area contributed by atoms with E-state index in [1.165, 1.54) is 25.7 Å². The SMILES string of the molecule is O=C(OCC(CNCC(F)(F)F)OC(=O)C12CC3CC(CC(C3)C1)C2)C1C2CC3CC(C2)CC1C3. The van der Waals surface area contributed by atoms with Crippen molar-refractivity contribution in [2.45, 2.75) is 82.9 Å². The van der Waals surface area contributed by atoms with E-state index in [2.05, 4.69) is 5.32 Å². The number of ether oxygens (including phenoxy) is 2. The predicted molar refractivity (Wildman–Crippen MR) is 121 cm³/mol. The second-order valence-corrected chi connectivity index (χ2v) is 13.1. The van der Waals surface area contributed by atoms with Crippen molar-refractivity contribution in [1.29, 1.82) is 0 Å². The number of halogens is 3. The van der Waals surface area contributed by atoms with E-state index in [0.717, 1.165) is 56.8 Å². The molecule has 0 aromatic heterocycles. The van der Waals surface area contributed by atoms with Crippen molar-refractivity contribution in [3.05, 3.63) is 0 Å². The maximum absolute atomic E-state index is 13.4. The molecule has 196 valence electrons. The van der Waals surface area contributed by atoms with Gasteiger partial charge in [-0.15, -0.1) is 0 Å². The van der Waals surface area contributed by atoms with Crippen LogP contribution in [0.4, 0.5) is 13.2 Å². The van der Waals surface area contributed by atoms with Crippen molar-refractivity contribution in [3.63, 3.8) is 0 Å². The van der Waals surface area contributed by atoms with Crippen LogP contribution in [0.5, 0.6) is 0 Å². The fourth-order valence-corrected chi connectivity index (χ4v) is 9.73. The lowest BCUT2D eigenvalue weighted by molar-refractivity contribution is -0.184. The molecule has 8 fully saturated rings. The summed E-state index contributed by atoms with van der Waals surface area (Å²) in [6, 6.07) is 0. The molecule has 1 atom stereocenters. The molecule has 1 N–H and O–H groups in total. The summed E-state index contributed by atoms with van der Waals surface area (Å²) in [4.78, 5) is 26.5. The van der Waals surface area contributed by atoms with Gasteiger partial charge in [0.15, 0.2) is 0 Å². The first-order valence-corrected chi connectivity index (χ1v) is 13.8. The van der Waals surface area contributed by atoms with Crippen molar-refractivity contribution < 1.29 is 32.2 Å². The van der Waals surface area contributed by atoms with E-state index < -0.39 is 24.2 Å². The normalized spacial score (nSPS) is 43.9. The Hall–Kier alpha value is -1.31. The van der Waals surface area contributed by atoms with Gasteiger partial charge in [-0.05, 0) is 112 Å². The Kier molecular flexibility index (Phi) is 6.12. The Bertz CT molecular complexity index is 779. The molecule has 0 aromatic rings. The summed E-state index contributed by atoms with van der Waals surface area (Å²) >= 11 is 0. The van der Waals surface area contributed by atoms with Crippen molar-refractivity contribution in [1.82, 2.24) is 5.32 Å². The van der Waals surface area contributed by atoms with Crippen molar-refractivity contribution in [2.24, 2.45) is 52.8 Å². The highest BCUT2D eigenvalue weighted by atomic mass is 19.4. The minimum Gasteiger partial charge on any atom is -0.461 e. The minimum absolute atomic E-state index is 0.106. The Morgan fingerprint density at radius 1 is 0.829 bits per heavy atom. The van der Waals surface area contributed by atoms with E-state index in [-0.39, 0.29) is 31.0 Å². The van der Waals surface area contributed by atoms with E-state index in [4.69, 9.17) is 9.47 Å². The van der Waals surface area contributed by atoms with Gasteiger partial charge in [-0.25, -0.2) is 0 Å². The second-order valence-electron chi connectivity index (χ2n) is 13.1. The molecule has 8 rings (SSSR count). The summed E-state index contributed by atoms with van der Waals surface area (Å²) in [6.45, 7) is -1.51. The molecule has 8 bridgehead atoms. The highest BCUT2D eigenvalue weighted by molar-refractivity contribution is 5.78. The largest absolute Gasteiger partial charge is 0.461 e. The number of carbonyl (C=O) groups is 2. The lowest BCUT2D eigenvalue weighted by Crippen LogP contribution is -2.52. The molecule has 0 spiro atoms. The van der Waals surface area contributed by atoms with E-state index in [1.807, 2.05) is 0 Å². The van der Waals surface area contributed by atoms with Gasteiger partial charge < -0.3 is 14.8 Å². The number of nitrogens with one attached hydrogen (secondary N) is 1. The Balaban J connectivity index is 1.09. The summed E-state index contributed by atoms with van der Waals surface area (Å²) in [7, 11) is 0.